The smallest absolute Gasteiger partial charge is 0.237 e. The van der Waals surface area contributed by atoms with Crippen molar-refractivity contribution < 1.29 is 14.4 Å². The Labute approximate surface area is 117 Å². The predicted molar refractivity (Wildman–Crippen MR) is 74.3 cm³/mol. The predicted octanol–water partition coefficient (Wildman–Crippen LogP) is 2.42. The van der Waals surface area contributed by atoms with Gasteiger partial charge in [0.25, 0.3) is 0 Å². The Bertz CT molecular complexity index is 583. The van der Waals surface area contributed by atoms with E-state index in [1.165, 1.54) is 11.8 Å². The zero-order chi connectivity index (χ0) is 14.4. The van der Waals surface area contributed by atoms with Crippen LogP contribution >= 0.6 is 0 Å². The van der Waals surface area contributed by atoms with E-state index in [0.29, 0.717) is 17.2 Å². The summed E-state index contributed by atoms with van der Waals surface area (Å²) in [5.41, 5.74) is 0.874. The standard InChI is InChI=1S/C16H17NO3/c1-9-7-12-13(8-9)16(20)17(15(12)19)14-6-4-3-5-11(14)10(2)18/h3-6,9,12-13H,7-8H2,1-2H3. The third-order valence-electron chi connectivity index (χ3n) is 4.40. The van der Waals surface area contributed by atoms with E-state index in [9.17, 15) is 14.4 Å². The lowest BCUT2D eigenvalue weighted by molar-refractivity contribution is -0.123. The summed E-state index contributed by atoms with van der Waals surface area (Å²) in [6.07, 6.45) is 1.54. The van der Waals surface area contributed by atoms with Crippen molar-refractivity contribution in [1.29, 1.82) is 0 Å². The van der Waals surface area contributed by atoms with Crippen molar-refractivity contribution in [3.05, 3.63) is 29.8 Å². The van der Waals surface area contributed by atoms with Gasteiger partial charge in [-0.3, -0.25) is 14.4 Å². The summed E-state index contributed by atoms with van der Waals surface area (Å²) in [6.45, 7) is 3.53. The number of para-hydroxylation sites is 1. The Morgan fingerprint density at radius 1 is 1.10 bits per heavy atom. The van der Waals surface area contributed by atoms with Gasteiger partial charge in [-0.1, -0.05) is 19.1 Å². The number of carbonyl (C=O) groups is 3. The Morgan fingerprint density at radius 3 is 2.20 bits per heavy atom. The van der Waals surface area contributed by atoms with Crippen molar-refractivity contribution in [3.8, 4) is 0 Å². The summed E-state index contributed by atoms with van der Waals surface area (Å²) in [6, 6.07) is 6.83. The number of ketones is 1. The van der Waals surface area contributed by atoms with Gasteiger partial charge in [-0.05, 0) is 37.8 Å². The van der Waals surface area contributed by atoms with Crippen LogP contribution in [0.2, 0.25) is 0 Å². The molecule has 1 saturated carbocycles. The van der Waals surface area contributed by atoms with Gasteiger partial charge in [-0.2, -0.15) is 0 Å². The first-order chi connectivity index (χ1) is 9.50. The van der Waals surface area contributed by atoms with Gasteiger partial charge in [0.15, 0.2) is 5.78 Å². The zero-order valence-electron chi connectivity index (χ0n) is 11.6. The van der Waals surface area contributed by atoms with Crippen molar-refractivity contribution in [2.45, 2.75) is 26.7 Å². The molecule has 3 rings (SSSR count). The van der Waals surface area contributed by atoms with Crippen molar-refractivity contribution in [3.63, 3.8) is 0 Å². The second-order valence-electron chi connectivity index (χ2n) is 5.87. The molecule has 0 aromatic heterocycles. The average molecular weight is 271 g/mol. The summed E-state index contributed by atoms with van der Waals surface area (Å²) in [4.78, 5) is 37.9. The number of imide groups is 1. The third kappa shape index (κ3) is 1.79. The Hall–Kier alpha value is -1.97. The number of Topliss-reactive ketones (excluding diaryl/α,β-unsaturated/α-hetero) is 1. The molecule has 1 aromatic rings. The van der Waals surface area contributed by atoms with Crippen molar-refractivity contribution in [2.75, 3.05) is 4.90 Å². The highest BCUT2D eigenvalue weighted by molar-refractivity contribution is 6.24. The molecule has 104 valence electrons. The van der Waals surface area contributed by atoms with Crippen LogP contribution in [0.3, 0.4) is 0 Å². The SMILES string of the molecule is CC(=O)c1ccccc1N1C(=O)C2CC(C)CC2C1=O. The monoisotopic (exact) mass is 271 g/mol. The second-order valence-corrected chi connectivity index (χ2v) is 5.87. The number of benzene rings is 1. The van der Waals surface area contributed by atoms with E-state index >= 15 is 0 Å². The van der Waals surface area contributed by atoms with E-state index in [1.54, 1.807) is 24.3 Å². The number of anilines is 1. The van der Waals surface area contributed by atoms with Crippen molar-refractivity contribution in [2.24, 2.45) is 17.8 Å². The van der Waals surface area contributed by atoms with Crippen LogP contribution in [0, 0.1) is 17.8 Å². The summed E-state index contributed by atoms with van der Waals surface area (Å²) in [5.74, 6) is -0.388. The highest BCUT2D eigenvalue weighted by atomic mass is 16.2. The van der Waals surface area contributed by atoms with Crippen LogP contribution in [-0.4, -0.2) is 17.6 Å². The first-order valence-electron chi connectivity index (χ1n) is 6.98. The molecule has 4 heteroatoms. The average Bonchev–Trinajstić information content (AvgIpc) is 2.89. The Morgan fingerprint density at radius 2 is 1.65 bits per heavy atom. The van der Waals surface area contributed by atoms with E-state index in [-0.39, 0.29) is 29.4 Å². The van der Waals surface area contributed by atoms with Crippen LogP contribution in [0.5, 0.6) is 0 Å². The minimum atomic E-state index is -0.197. The molecule has 2 unspecified atom stereocenters. The van der Waals surface area contributed by atoms with Gasteiger partial charge in [0.05, 0.1) is 17.5 Å². The molecule has 2 atom stereocenters. The molecule has 2 amide bonds. The number of carbonyl (C=O) groups excluding carboxylic acids is 3. The number of hydrogen-bond donors (Lipinski definition) is 0. The third-order valence-corrected chi connectivity index (χ3v) is 4.40. The van der Waals surface area contributed by atoms with Crippen LogP contribution < -0.4 is 4.90 Å². The van der Waals surface area contributed by atoms with Crippen LogP contribution in [0.25, 0.3) is 0 Å². The second kappa shape index (κ2) is 4.54. The first kappa shape index (κ1) is 13.0. The van der Waals surface area contributed by atoms with Gasteiger partial charge in [-0.15, -0.1) is 0 Å². The number of nitrogens with zero attached hydrogens (tertiary/aromatic N) is 1. The lowest BCUT2D eigenvalue weighted by Gasteiger charge is -2.19. The summed E-state index contributed by atoms with van der Waals surface area (Å²) < 4.78 is 0. The molecule has 1 aliphatic carbocycles. The Kier molecular flexibility index (Phi) is 2.96. The number of hydrogen-bond acceptors (Lipinski definition) is 3. The minimum absolute atomic E-state index is 0.133. The fourth-order valence-corrected chi connectivity index (χ4v) is 3.48. The lowest BCUT2D eigenvalue weighted by atomic mass is 10.00. The van der Waals surface area contributed by atoms with Gasteiger partial charge in [-0.25, -0.2) is 4.90 Å². The minimum Gasteiger partial charge on any atom is -0.294 e. The van der Waals surface area contributed by atoms with E-state index < -0.39 is 0 Å². The van der Waals surface area contributed by atoms with E-state index in [2.05, 4.69) is 6.92 Å². The van der Waals surface area contributed by atoms with Crippen molar-refractivity contribution >= 4 is 23.3 Å². The molecule has 4 nitrogen and oxygen atoms in total. The Balaban J connectivity index is 2.03. The molecule has 2 aliphatic rings. The molecule has 2 fully saturated rings. The van der Waals surface area contributed by atoms with Gasteiger partial charge >= 0.3 is 0 Å². The number of fused-ring (bicyclic) bond motifs is 1. The van der Waals surface area contributed by atoms with Crippen LogP contribution in [0.4, 0.5) is 5.69 Å². The largest absolute Gasteiger partial charge is 0.294 e. The van der Waals surface area contributed by atoms with Crippen LogP contribution in [0.15, 0.2) is 24.3 Å². The van der Waals surface area contributed by atoms with Gasteiger partial charge in [0.1, 0.15) is 0 Å². The topological polar surface area (TPSA) is 54.5 Å². The molecular weight excluding hydrogens is 254 g/mol. The number of amides is 2. The van der Waals surface area contributed by atoms with Crippen LogP contribution in [0.1, 0.15) is 37.0 Å². The fourth-order valence-electron chi connectivity index (χ4n) is 3.48. The van der Waals surface area contributed by atoms with E-state index in [4.69, 9.17) is 0 Å². The van der Waals surface area contributed by atoms with E-state index in [1.807, 2.05) is 0 Å². The highest BCUT2D eigenvalue weighted by Gasteiger charge is 2.52. The maximum atomic E-state index is 12.5. The van der Waals surface area contributed by atoms with Gasteiger partial charge in [0.2, 0.25) is 11.8 Å². The molecule has 1 aromatic carbocycles. The van der Waals surface area contributed by atoms with Crippen molar-refractivity contribution in [1.82, 2.24) is 0 Å². The molecule has 0 spiro atoms. The lowest BCUT2D eigenvalue weighted by Crippen LogP contribution is -2.33. The maximum Gasteiger partial charge on any atom is 0.237 e. The molecule has 0 N–H and O–H groups in total. The fraction of sp³-hybridized carbons (Fsp3) is 0.438. The van der Waals surface area contributed by atoms with Gasteiger partial charge < -0.3 is 0 Å². The molecule has 1 aliphatic heterocycles. The molecule has 0 radical (unpaired) electrons. The zero-order valence-corrected chi connectivity index (χ0v) is 11.6. The normalized spacial score (nSPS) is 28.9. The molecule has 0 bridgehead atoms. The highest BCUT2D eigenvalue weighted by Crippen LogP contribution is 2.44. The number of rotatable bonds is 2. The maximum absolute atomic E-state index is 12.5. The summed E-state index contributed by atoms with van der Waals surface area (Å²) >= 11 is 0. The van der Waals surface area contributed by atoms with Gasteiger partial charge in [0, 0.05) is 5.56 Å². The van der Waals surface area contributed by atoms with Crippen LogP contribution in [-0.2, 0) is 9.59 Å². The molecular formula is C16H17NO3. The van der Waals surface area contributed by atoms with E-state index in [0.717, 1.165) is 12.8 Å². The summed E-state index contributed by atoms with van der Waals surface area (Å²) in [5, 5.41) is 0. The molecule has 20 heavy (non-hydrogen) atoms. The summed E-state index contributed by atoms with van der Waals surface area (Å²) in [7, 11) is 0. The quantitative estimate of drug-likeness (QED) is 0.613. The molecule has 1 heterocycles. The first-order valence-corrected chi connectivity index (χ1v) is 6.98. The molecule has 1 saturated heterocycles.